The van der Waals surface area contributed by atoms with E-state index in [1.807, 2.05) is 0 Å². The molecule has 7 heteroatoms. The largest absolute Gasteiger partial charge is 0.480 e. The summed E-state index contributed by atoms with van der Waals surface area (Å²) in [6.45, 7) is 3.25. The maximum absolute atomic E-state index is 11.0. The Morgan fingerprint density at radius 3 is 2.21 bits per heavy atom. The van der Waals surface area contributed by atoms with Gasteiger partial charge in [-0.15, -0.1) is 10.2 Å². The number of carbonyl (C=O) groups is 1. The Balaban J connectivity index is 2.48. The second kappa shape index (κ2) is 4.97. The minimum Gasteiger partial charge on any atom is -0.480 e. The number of aromatic nitrogens is 4. The van der Waals surface area contributed by atoms with E-state index >= 15 is 0 Å². The summed E-state index contributed by atoms with van der Waals surface area (Å²) in [6.07, 6.45) is 0. The summed E-state index contributed by atoms with van der Waals surface area (Å²) < 4.78 is 4.91. The van der Waals surface area contributed by atoms with Crippen LogP contribution < -0.4 is 4.74 Å². The van der Waals surface area contributed by atoms with Crippen molar-refractivity contribution in [2.75, 3.05) is 7.11 Å². The van der Waals surface area contributed by atoms with Gasteiger partial charge in [0.15, 0.2) is 5.82 Å². The number of aryl methyl sites for hydroxylation is 2. The van der Waals surface area contributed by atoms with Crippen molar-refractivity contribution >= 4 is 5.97 Å². The minimum atomic E-state index is -1.04. The molecule has 0 saturated carbocycles. The second-order valence-electron chi connectivity index (χ2n) is 3.86. The highest BCUT2D eigenvalue weighted by molar-refractivity contribution is 5.90. The first kappa shape index (κ1) is 12.9. The molecule has 19 heavy (non-hydrogen) atoms. The first-order valence-electron chi connectivity index (χ1n) is 5.49. The van der Waals surface area contributed by atoms with E-state index in [1.54, 1.807) is 26.0 Å². The van der Waals surface area contributed by atoms with Crippen LogP contribution in [0.25, 0.3) is 11.5 Å². The topological polar surface area (TPSA) is 98.1 Å². The third kappa shape index (κ3) is 2.49. The van der Waals surface area contributed by atoms with Crippen LogP contribution in [-0.4, -0.2) is 38.4 Å². The van der Waals surface area contributed by atoms with Crippen molar-refractivity contribution in [1.82, 2.24) is 20.2 Å². The van der Waals surface area contributed by atoms with Gasteiger partial charge < -0.3 is 9.84 Å². The number of methoxy groups -OCH3 is 1. The fourth-order valence-corrected chi connectivity index (χ4v) is 1.69. The molecule has 2 aromatic rings. The van der Waals surface area contributed by atoms with Gasteiger partial charge in [-0.05, 0) is 19.9 Å². The molecule has 2 heterocycles. The lowest BCUT2D eigenvalue weighted by Gasteiger charge is -2.06. The van der Waals surface area contributed by atoms with Gasteiger partial charge in [0.2, 0.25) is 5.88 Å². The summed E-state index contributed by atoms with van der Waals surface area (Å²) in [5.74, 6) is -0.308. The summed E-state index contributed by atoms with van der Waals surface area (Å²) in [7, 11) is 1.50. The number of aromatic carboxylic acids is 1. The van der Waals surface area contributed by atoms with E-state index in [2.05, 4.69) is 20.2 Å². The molecule has 0 saturated heterocycles. The van der Waals surface area contributed by atoms with Crippen LogP contribution in [0.15, 0.2) is 12.1 Å². The van der Waals surface area contributed by atoms with E-state index in [1.165, 1.54) is 7.11 Å². The molecule has 0 bridgehead atoms. The Morgan fingerprint density at radius 1 is 1.16 bits per heavy atom. The van der Waals surface area contributed by atoms with E-state index in [4.69, 9.17) is 9.84 Å². The molecule has 0 atom stereocenters. The highest BCUT2D eigenvalue weighted by Gasteiger charge is 2.16. The zero-order valence-corrected chi connectivity index (χ0v) is 10.7. The average Bonchev–Trinajstić information content (AvgIpc) is 2.37. The Kier molecular flexibility index (Phi) is 3.37. The Hall–Kier alpha value is -2.57. The molecule has 2 rings (SSSR count). The van der Waals surface area contributed by atoms with Gasteiger partial charge in [0.1, 0.15) is 11.3 Å². The van der Waals surface area contributed by atoms with Crippen molar-refractivity contribution in [3.05, 3.63) is 29.1 Å². The van der Waals surface area contributed by atoms with E-state index in [0.717, 1.165) is 0 Å². The van der Waals surface area contributed by atoms with Crippen LogP contribution in [-0.2, 0) is 0 Å². The summed E-state index contributed by atoms with van der Waals surface area (Å²) in [5.41, 5.74) is 1.37. The monoisotopic (exact) mass is 260 g/mol. The molecular weight excluding hydrogens is 248 g/mol. The number of carboxylic acids is 1. The third-order valence-electron chi connectivity index (χ3n) is 2.56. The maximum atomic E-state index is 11.0. The van der Waals surface area contributed by atoms with Crippen LogP contribution in [0.1, 0.15) is 21.7 Å². The van der Waals surface area contributed by atoms with Crippen molar-refractivity contribution in [2.45, 2.75) is 13.8 Å². The lowest BCUT2D eigenvalue weighted by molar-refractivity contribution is 0.0694. The number of carboxylic acid groups (broad SMARTS) is 1. The maximum Gasteiger partial charge on any atom is 0.339 e. The highest BCUT2D eigenvalue weighted by Crippen LogP contribution is 2.17. The van der Waals surface area contributed by atoms with Gasteiger partial charge in [-0.2, -0.15) is 0 Å². The quantitative estimate of drug-likeness (QED) is 0.886. The molecule has 0 aliphatic carbocycles. The fraction of sp³-hybridized carbons (Fsp3) is 0.250. The van der Waals surface area contributed by atoms with Gasteiger partial charge in [-0.1, -0.05) is 0 Å². The van der Waals surface area contributed by atoms with Crippen LogP contribution in [0.5, 0.6) is 5.88 Å². The molecule has 0 amide bonds. The molecular formula is C12H12N4O3. The lowest BCUT2D eigenvalue weighted by Crippen LogP contribution is -2.09. The summed E-state index contributed by atoms with van der Waals surface area (Å²) >= 11 is 0. The molecule has 2 aromatic heterocycles. The van der Waals surface area contributed by atoms with Gasteiger partial charge in [-0.3, -0.25) is 0 Å². The second-order valence-corrected chi connectivity index (χ2v) is 3.86. The van der Waals surface area contributed by atoms with Gasteiger partial charge in [0.05, 0.1) is 18.5 Å². The highest BCUT2D eigenvalue weighted by atomic mass is 16.5. The van der Waals surface area contributed by atoms with Gasteiger partial charge in [0.25, 0.3) is 0 Å². The Bertz CT molecular complexity index is 602. The normalized spacial score (nSPS) is 10.3. The van der Waals surface area contributed by atoms with Crippen molar-refractivity contribution < 1.29 is 14.6 Å². The van der Waals surface area contributed by atoms with E-state index in [0.29, 0.717) is 28.8 Å². The van der Waals surface area contributed by atoms with Crippen molar-refractivity contribution in [3.8, 4) is 17.4 Å². The number of hydrogen-bond acceptors (Lipinski definition) is 6. The molecule has 0 spiro atoms. The van der Waals surface area contributed by atoms with Gasteiger partial charge >= 0.3 is 5.97 Å². The van der Waals surface area contributed by atoms with Crippen LogP contribution in [0.4, 0.5) is 0 Å². The number of ether oxygens (including phenoxy) is 1. The third-order valence-corrected chi connectivity index (χ3v) is 2.56. The molecule has 0 aliphatic rings. The van der Waals surface area contributed by atoms with Gasteiger partial charge in [0, 0.05) is 6.07 Å². The smallest absolute Gasteiger partial charge is 0.339 e. The standard InChI is InChI=1S/C12H12N4O3/c1-6-10(12(17)18)7(2)14-11(13-6)8-4-5-9(19-3)16-15-8/h4-5H,1-3H3,(H,17,18). The first-order valence-corrected chi connectivity index (χ1v) is 5.49. The molecule has 0 radical (unpaired) electrons. The van der Waals surface area contributed by atoms with Crippen LogP contribution in [0, 0.1) is 13.8 Å². The fourth-order valence-electron chi connectivity index (χ4n) is 1.69. The van der Waals surface area contributed by atoms with Crippen molar-refractivity contribution in [1.29, 1.82) is 0 Å². The van der Waals surface area contributed by atoms with Crippen LogP contribution >= 0.6 is 0 Å². The predicted molar refractivity (Wildman–Crippen MR) is 66.0 cm³/mol. The SMILES string of the molecule is COc1ccc(-c2nc(C)c(C(=O)O)c(C)n2)nn1. The molecule has 0 unspecified atom stereocenters. The molecule has 0 aromatic carbocycles. The first-order chi connectivity index (χ1) is 9.02. The number of nitrogens with zero attached hydrogens (tertiary/aromatic N) is 4. The Labute approximate surface area is 109 Å². The summed E-state index contributed by atoms with van der Waals surface area (Å²) in [4.78, 5) is 19.3. The van der Waals surface area contributed by atoms with Crippen molar-refractivity contribution in [3.63, 3.8) is 0 Å². The Morgan fingerprint density at radius 2 is 1.79 bits per heavy atom. The van der Waals surface area contributed by atoms with E-state index in [-0.39, 0.29) is 5.56 Å². The van der Waals surface area contributed by atoms with E-state index < -0.39 is 5.97 Å². The summed E-state index contributed by atoms with van der Waals surface area (Å²) in [6, 6.07) is 3.31. The molecule has 98 valence electrons. The zero-order valence-electron chi connectivity index (χ0n) is 10.7. The van der Waals surface area contributed by atoms with Crippen LogP contribution in [0.3, 0.4) is 0 Å². The van der Waals surface area contributed by atoms with E-state index in [9.17, 15) is 4.79 Å². The molecule has 7 nitrogen and oxygen atoms in total. The number of hydrogen-bond donors (Lipinski definition) is 1. The van der Waals surface area contributed by atoms with Gasteiger partial charge in [-0.25, -0.2) is 14.8 Å². The lowest BCUT2D eigenvalue weighted by atomic mass is 10.1. The predicted octanol–water partition coefficient (Wildman–Crippen LogP) is 1.26. The minimum absolute atomic E-state index is 0.116. The molecule has 0 aliphatic heterocycles. The average molecular weight is 260 g/mol. The molecule has 1 N–H and O–H groups in total. The zero-order chi connectivity index (χ0) is 14.0. The number of rotatable bonds is 3. The van der Waals surface area contributed by atoms with Crippen LogP contribution in [0.2, 0.25) is 0 Å². The summed E-state index contributed by atoms with van der Waals surface area (Å²) in [5, 5.41) is 16.8. The molecule has 0 fully saturated rings. The van der Waals surface area contributed by atoms with Crippen molar-refractivity contribution in [2.24, 2.45) is 0 Å².